The largest absolute Gasteiger partial charge is 0.416 e. The van der Waals surface area contributed by atoms with E-state index in [1.165, 1.54) is 23.9 Å². The van der Waals surface area contributed by atoms with Crippen LogP contribution in [0.2, 0.25) is 0 Å². The molecule has 0 atom stereocenters. The molecule has 0 saturated carbocycles. The number of nitrogens with zero attached hydrogens (tertiary/aromatic N) is 3. The summed E-state index contributed by atoms with van der Waals surface area (Å²) in [6.07, 6.45) is -2.91. The molecule has 1 N–H and O–H groups in total. The van der Waals surface area contributed by atoms with Crippen molar-refractivity contribution in [3.8, 4) is 0 Å². The lowest BCUT2D eigenvalue weighted by molar-refractivity contribution is -0.137. The lowest BCUT2D eigenvalue weighted by Gasteiger charge is -2.09. The molecule has 1 heterocycles. The summed E-state index contributed by atoms with van der Waals surface area (Å²) >= 11 is 1.43. The van der Waals surface area contributed by atoms with E-state index in [1.54, 1.807) is 10.9 Å². The Labute approximate surface area is 135 Å². The number of aromatic nitrogens is 3. The summed E-state index contributed by atoms with van der Waals surface area (Å²) in [4.78, 5) is 11.8. The van der Waals surface area contributed by atoms with Crippen LogP contribution in [0.25, 0.3) is 0 Å². The van der Waals surface area contributed by atoms with Gasteiger partial charge in [0.1, 0.15) is 6.33 Å². The van der Waals surface area contributed by atoms with Gasteiger partial charge in [-0.15, -0.1) is 10.2 Å². The number of hydrogen-bond acceptors (Lipinski definition) is 4. The van der Waals surface area contributed by atoms with E-state index in [0.717, 1.165) is 17.3 Å². The van der Waals surface area contributed by atoms with Gasteiger partial charge in [-0.25, -0.2) is 0 Å². The maximum Gasteiger partial charge on any atom is 0.416 e. The van der Waals surface area contributed by atoms with Gasteiger partial charge >= 0.3 is 6.18 Å². The minimum atomic E-state index is -4.40. The number of hydrogen-bond donors (Lipinski definition) is 1. The molecule has 0 spiro atoms. The van der Waals surface area contributed by atoms with Gasteiger partial charge in [-0.1, -0.05) is 30.0 Å². The van der Waals surface area contributed by atoms with Crippen LogP contribution in [0.3, 0.4) is 0 Å². The third kappa shape index (κ3) is 5.27. The molecular formula is C14H15F3N4OS. The first-order valence-electron chi connectivity index (χ1n) is 6.76. The molecule has 23 heavy (non-hydrogen) atoms. The van der Waals surface area contributed by atoms with Crippen molar-refractivity contribution in [2.24, 2.45) is 7.05 Å². The molecule has 0 saturated heterocycles. The van der Waals surface area contributed by atoms with Crippen molar-refractivity contribution in [2.45, 2.75) is 17.8 Å². The third-order valence-electron chi connectivity index (χ3n) is 2.94. The zero-order chi connectivity index (χ0) is 16.9. The van der Waals surface area contributed by atoms with Crippen LogP contribution in [0.4, 0.5) is 13.2 Å². The molecule has 0 aliphatic heterocycles. The predicted octanol–water partition coefficient (Wildman–Crippen LogP) is 2.28. The molecule has 1 aromatic heterocycles. The van der Waals surface area contributed by atoms with E-state index in [4.69, 9.17) is 0 Å². The molecular weight excluding hydrogens is 329 g/mol. The van der Waals surface area contributed by atoms with Crippen molar-refractivity contribution in [3.05, 3.63) is 41.7 Å². The second-order valence-electron chi connectivity index (χ2n) is 4.80. The number of carbonyl (C=O) groups is 1. The van der Waals surface area contributed by atoms with E-state index >= 15 is 0 Å². The first-order chi connectivity index (χ1) is 10.9. The summed E-state index contributed by atoms with van der Waals surface area (Å²) in [6, 6.07) is 4.78. The van der Waals surface area contributed by atoms with Crippen LogP contribution in [0.5, 0.6) is 0 Å². The molecule has 0 fully saturated rings. The topological polar surface area (TPSA) is 59.8 Å². The first kappa shape index (κ1) is 17.3. The van der Waals surface area contributed by atoms with Crippen LogP contribution in [-0.4, -0.2) is 33.0 Å². The van der Waals surface area contributed by atoms with Gasteiger partial charge in [0.15, 0.2) is 5.16 Å². The van der Waals surface area contributed by atoms with Gasteiger partial charge in [-0.2, -0.15) is 13.2 Å². The van der Waals surface area contributed by atoms with Crippen molar-refractivity contribution in [2.75, 3.05) is 12.3 Å². The standard InChI is InChI=1S/C14H15F3N4OS/c1-21-9-19-20-13(21)23-6-5-18-12(22)8-10-3-2-4-11(7-10)14(15,16)17/h2-4,7,9H,5-6,8H2,1H3,(H,18,22). The van der Waals surface area contributed by atoms with E-state index in [1.807, 2.05) is 7.05 Å². The molecule has 0 radical (unpaired) electrons. The van der Waals surface area contributed by atoms with Crippen LogP contribution in [0, 0.1) is 0 Å². The Morgan fingerprint density at radius 1 is 1.39 bits per heavy atom. The highest BCUT2D eigenvalue weighted by molar-refractivity contribution is 7.99. The zero-order valence-corrected chi connectivity index (χ0v) is 13.1. The molecule has 0 aliphatic rings. The van der Waals surface area contributed by atoms with Gasteiger partial charge in [0, 0.05) is 19.3 Å². The lowest BCUT2D eigenvalue weighted by atomic mass is 10.1. The SMILES string of the molecule is Cn1cnnc1SCCNC(=O)Cc1cccc(C(F)(F)F)c1. The zero-order valence-electron chi connectivity index (χ0n) is 12.3. The number of halogens is 3. The predicted molar refractivity (Wildman–Crippen MR) is 79.9 cm³/mol. The Bertz CT molecular complexity index is 672. The van der Waals surface area contributed by atoms with Gasteiger partial charge in [0.25, 0.3) is 0 Å². The molecule has 2 rings (SSSR count). The third-order valence-corrected chi connectivity index (χ3v) is 3.98. The Hall–Kier alpha value is -2.03. The minimum Gasteiger partial charge on any atom is -0.355 e. The van der Waals surface area contributed by atoms with Crippen molar-refractivity contribution >= 4 is 17.7 Å². The summed E-state index contributed by atoms with van der Waals surface area (Å²) in [6.45, 7) is 0.398. The molecule has 1 amide bonds. The Kier molecular flexibility index (Phi) is 5.64. The normalized spacial score (nSPS) is 11.5. The summed E-state index contributed by atoms with van der Waals surface area (Å²) < 4.78 is 39.6. The molecule has 0 unspecified atom stereocenters. The number of benzene rings is 1. The quantitative estimate of drug-likeness (QED) is 0.645. The van der Waals surface area contributed by atoms with Gasteiger partial charge in [-0.3, -0.25) is 4.79 Å². The monoisotopic (exact) mass is 344 g/mol. The minimum absolute atomic E-state index is 0.0848. The first-order valence-corrected chi connectivity index (χ1v) is 7.74. The number of amides is 1. The van der Waals surface area contributed by atoms with Crippen molar-refractivity contribution < 1.29 is 18.0 Å². The number of carbonyl (C=O) groups excluding carboxylic acids is 1. The smallest absolute Gasteiger partial charge is 0.355 e. The highest BCUT2D eigenvalue weighted by Gasteiger charge is 2.30. The van der Waals surface area contributed by atoms with Gasteiger partial charge < -0.3 is 9.88 Å². The van der Waals surface area contributed by atoms with Crippen molar-refractivity contribution in [1.82, 2.24) is 20.1 Å². The fraction of sp³-hybridized carbons (Fsp3) is 0.357. The molecule has 0 bridgehead atoms. The van der Waals surface area contributed by atoms with Crippen molar-refractivity contribution in [1.29, 1.82) is 0 Å². The van der Waals surface area contributed by atoms with E-state index in [2.05, 4.69) is 15.5 Å². The number of thioether (sulfide) groups is 1. The fourth-order valence-electron chi connectivity index (χ4n) is 1.84. The molecule has 2 aromatic rings. The van der Waals surface area contributed by atoms with Gasteiger partial charge in [0.05, 0.1) is 12.0 Å². The summed E-state index contributed by atoms with van der Waals surface area (Å²) in [5.74, 6) is 0.281. The molecule has 124 valence electrons. The number of aryl methyl sites for hydroxylation is 1. The van der Waals surface area contributed by atoms with Crippen LogP contribution >= 0.6 is 11.8 Å². The van der Waals surface area contributed by atoms with Crippen LogP contribution in [-0.2, 0) is 24.4 Å². The average Bonchev–Trinajstić information content (AvgIpc) is 2.88. The van der Waals surface area contributed by atoms with Gasteiger partial charge in [-0.05, 0) is 11.6 Å². The summed E-state index contributed by atoms with van der Waals surface area (Å²) in [7, 11) is 1.81. The average molecular weight is 344 g/mol. The van der Waals surface area contributed by atoms with Crippen LogP contribution < -0.4 is 5.32 Å². The Balaban J connectivity index is 1.78. The van der Waals surface area contributed by atoms with E-state index < -0.39 is 11.7 Å². The number of alkyl halides is 3. The molecule has 5 nitrogen and oxygen atoms in total. The second-order valence-corrected chi connectivity index (χ2v) is 5.86. The molecule has 9 heteroatoms. The second kappa shape index (κ2) is 7.49. The van der Waals surface area contributed by atoms with E-state index in [0.29, 0.717) is 17.9 Å². The maximum atomic E-state index is 12.6. The molecule has 0 aliphatic carbocycles. The molecule has 1 aromatic carbocycles. The Morgan fingerprint density at radius 2 is 2.17 bits per heavy atom. The maximum absolute atomic E-state index is 12.6. The fourth-order valence-corrected chi connectivity index (χ4v) is 2.58. The lowest BCUT2D eigenvalue weighted by Crippen LogP contribution is -2.27. The van der Waals surface area contributed by atoms with Crippen molar-refractivity contribution in [3.63, 3.8) is 0 Å². The highest BCUT2D eigenvalue weighted by Crippen LogP contribution is 2.29. The Morgan fingerprint density at radius 3 is 2.83 bits per heavy atom. The van der Waals surface area contributed by atoms with E-state index in [-0.39, 0.29) is 12.3 Å². The summed E-state index contributed by atoms with van der Waals surface area (Å²) in [5.41, 5.74) is -0.418. The summed E-state index contributed by atoms with van der Waals surface area (Å²) in [5, 5.41) is 11.0. The number of nitrogens with one attached hydrogen (secondary N) is 1. The van der Waals surface area contributed by atoms with E-state index in [9.17, 15) is 18.0 Å². The van der Waals surface area contributed by atoms with Crippen LogP contribution in [0.1, 0.15) is 11.1 Å². The highest BCUT2D eigenvalue weighted by atomic mass is 32.2. The van der Waals surface area contributed by atoms with Crippen LogP contribution in [0.15, 0.2) is 35.7 Å². The number of rotatable bonds is 6. The van der Waals surface area contributed by atoms with Gasteiger partial charge in [0.2, 0.25) is 5.91 Å².